The fourth-order valence-electron chi connectivity index (χ4n) is 2.26. The van der Waals surface area contributed by atoms with Crippen LogP contribution in [0.4, 0.5) is 11.5 Å². The van der Waals surface area contributed by atoms with Gasteiger partial charge in [0.25, 0.3) is 0 Å². The predicted octanol–water partition coefficient (Wildman–Crippen LogP) is 4.00. The molecule has 0 aliphatic heterocycles. The van der Waals surface area contributed by atoms with Crippen molar-refractivity contribution in [3.63, 3.8) is 0 Å². The molecule has 0 spiro atoms. The maximum Gasteiger partial charge on any atom is 0.151 e. The molecule has 0 aliphatic carbocycles. The van der Waals surface area contributed by atoms with Crippen LogP contribution in [0.2, 0.25) is 0 Å². The van der Waals surface area contributed by atoms with E-state index < -0.39 is 0 Å². The number of pyridine rings is 1. The molecule has 2 aromatic heterocycles. The second-order valence-corrected chi connectivity index (χ2v) is 6.46. The molecule has 2 aromatic rings. The van der Waals surface area contributed by atoms with Crippen LogP contribution in [0.15, 0.2) is 24.4 Å². The quantitative estimate of drug-likeness (QED) is 0.914. The van der Waals surface area contributed by atoms with Crippen molar-refractivity contribution < 1.29 is 0 Å². The molecule has 0 fully saturated rings. The Labute approximate surface area is 119 Å². The van der Waals surface area contributed by atoms with Crippen molar-refractivity contribution in [2.75, 3.05) is 24.3 Å². The minimum atomic E-state index is 0.285. The standard InChI is InChI=1S/C15H21N3S/c1-10-9-13(12(3)19-10)11(2)17-14-7-6-8-16-15(14)18(4)5/h6-9,11,17H,1-5H3. The molecule has 0 amide bonds. The molecule has 1 unspecified atom stereocenters. The monoisotopic (exact) mass is 275 g/mol. The van der Waals surface area contributed by atoms with Gasteiger partial charge in [-0.15, -0.1) is 11.3 Å². The summed E-state index contributed by atoms with van der Waals surface area (Å²) in [4.78, 5) is 9.19. The molecule has 0 radical (unpaired) electrons. The van der Waals surface area contributed by atoms with Crippen molar-refractivity contribution in [3.8, 4) is 0 Å². The third-order valence-corrected chi connectivity index (χ3v) is 4.11. The number of aryl methyl sites for hydroxylation is 2. The smallest absolute Gasteiger partial charge is 0.151 e. The molecule has 2 rings (SSSR count). The maximum absolute atomic E-state index is 4.42. The zero-order valence-corrected chi connectivity index (χ0v) is 13.0. The Hall–Kier alpha value is -1.55. The summed E-state index contributed by atoms with van der Waals surface area (Å²) >= 11 is 1.85. The van der Waals surface area contributed by atoms with E-state index in [-0.39, 0.29) is 6.04 Å². The van der Waals surface area contributed by atoms with Crippen LogP contribution in [0.25, 0.3) is 0 Å². The van der Waals surface area contributed by atoms with Gasteiger partial charge in [-0.05, 0) is 44.5 Å². The molecular formula is C15H21N3S. The summed E-state index contributed by atoms with van der Waals surface area (Å²) < 4.78 is 0. The molecular weight excluding hydrogens is 254 g/mol. The number of aromatic nitrogens is 1. The van der Waals surface area contributed by atoms with Crippen molar-refractivity contribution in [2.45, 2.75) is 26.8 Å². The van der Waals surface area contributed by atoms with Crippen LogP contribution in [0, 0.1) is 13.8 Å². The Bertz CT molecular complexity index is 560. The molecule has 0 aromatic carbocycles. The van der Waals surface area contributed by atoms with Gasteiger partial charge < -0.3 is 10.2 Å². The van der Waals surface area contributed by atoms with E-state index in [1.165, 1.54) is 15.3 Å². The number of anilines is 2. The van der Waals surface area contributed by atoms with Gasteiger partial charge in [0.1, 0.15) is 0 Å². The van der Waals surface area contributed by atoms with E-state index in [1.54, 1.807) is 0 Å². The summed E-state index contributed by atoms with van der Waals surface area (Å²) in [5, 5.41) is 3.56. The highest BCUT2D eigenvalue weighted by Gasteiger charge is 2.13. The topological polar surface area (TPSA) is 28.2 Å². The lowest BCUT2D eigenvalue weighted by molar-refractivity contribution is 0.877. The number of thiophene rings is 1. The maximum atomic E-state index is 4.42. The molecule has 0 bridgehead atoms. The van der Waals surface area contributed by atoms with Gasteiger partial charge in [-0.2, -0.15) is 0 Å². The fourth-order valence-corrected chi connectivity index (χ4v) is 3.28. The molecule has 3 nitrogen and oxygen atoms in total. The van der Waals surface area contributed by atoms with Crippen molar-refractivity contribution in [1.82, 2.24) is 4.98 Å². The van der Waals surface area contributed by atoms with Crippen LogP contribution in [-0.4, -0.2) is 19.1 Å². The number of nitrogens with zero attached hydrogens (tertiary/aromatic N) is 2. The van der Waals surface area contributed by atoms with Gasteiger partial charge in [0, 0.05) is 36.1 Å². The Kier molecular flexibility index (Phi) is 4.10. The summed E-state index contributed by atoms with van der Waals surface area (Å²) in [6.07, 6.45) is 1.82. The van der Waals surface area contributed by atoms with E-state index in [1.807, 2.05) is 42.6 Å². The van der Waals surface area contributed by atoms with E-state index >= 15 is 0 Å². The highest BCUT2D eigenvalue weighted by Crippen LogP contribution is 2.30. The van der Waals surface area contributed by atoms with Crippen LogP contribution in [0.3, 0.4) is 0 Å². The van der Waals surface area contributed by atoms with Gasteiger partial charge in [-0.25, -0.2) is 4.98 Å². The van der Waals surface area contributed by atoms with Gasteiger partial charge in [-0.3, -0.25) is 0 Å². The molecule has 19 heavy (non-hydrogen) atoms. The van der Waals surface area contributed by atoms with Crippen LogP contribution in [-0.2, 0) is 0 Å². The Morgan fingerprint density at radius 1 is 1.32 bits per heavy atom. The first-order chi connectivity index (χ1) is 8.99. The summed E-state index contributed by atoms with van der Waals surface area (Å²) in [6.45, 7) is 6.53. The zero-order valence-electron chi connectivity index (χ0n) is 12.2. The Balaban J connectivity index is 2.24. The average molecular weight is 275 g/mol. The van der Waals surface area contributed by atoms with Gasteiger partial charge in [-0.1, -0.05) is 0 Å². The molecule has 4 heteroatoms. The summed E-state index contributed by atoms with van der Waals surface area (Å²) in [6, 6.07) is 6.60. The Morgan fingerprint density at radius 3 is 2.63 bits per heavy atom. The number of hydrogen-bond acceptors (Lipinski definition) is 4. The lowest BCUT2D eigenvalue weighted by Gasteiger charge is -2.20. The lowest BCUT2D eigenvalue weighted by atomic mass is 10.1. The average Bonchev–Trinajstić information content (AvgIpc) is 2.69. The van der Waals surface area contributed by atoms with Gasteiger partial charge in [0.15, 0.2) is 5.82 Å². The summed E-state index contributed by atoms with van der Waals surface area (Å²) in [7, 11) is 4.02. The third kappa shape index (κ3) is 3.07. The first kappa shape index (κ1) is 13.9. The van der Waals surface area contributed by atoms with Crippen LogP contribution >= 0.6 is 11.3 Å². The van der Waals surface area contributed by atoms with Crippen molar-refractivity contribution >= 4 is 22.8 Å². The van der Waals surface area contributed by atoms with Crippen molar-refractivity contribution in [3.05, 3.63) is 39.7 Å². The second-order valence-electron chi connectivity index (χ2n) is 5.00. The molecule has 1 atom stereocenters. The van der Waals surface area contributed by atoms with Crippen LogP contribution in [0.1, 0.15) is 28.3 Å². The van der Waals surface area contributed by atoms with E-state index in [2.05, 4.69) is 43.2 Å². The number of rotatable bonds is 4. The minimum Gasteiger partial charge on any atom is -0.375 e. The normalized spacial score (nSPS) is 12.3. The minimum absolute atomic E-state index is 0.285. The fraction of sp³-hybridized carbons (Fsp3) is 0.400. The third-order valence-electron chi connectivity index (χ3n) is 3.13. The van der Waals surface area contributed by atoms with Crippen LogP contribution in [0.5, 0.6) is 0 Å². The molecule has 1 N–H and O–H groups in total. The van der Waals surface area contributed by atoms with Gasteiger partial charge in [0.05, 0.1) is 5.69 Å². The van der Waals surface area contributed by atoms with Crippen LogP contribution < -0.4 is 10.2 Å². The molecule has 102 valence electrons. The zero-order chi connectivity index (χ0) is 14.0. The van der Waals surface area contributed by atoms with Gasteiger partial charge in [0.2, 0.25) is 0 Å². The van der Waals surface area contributed by atoms with Gasteiger partial charge >= 0.3 is 0 Å². The number of nitrogens with one attached hydrogen (secondary N) is 1. The number of hydrogen-bond donors (Lipinski definition) is 1. The summed E-state index contributed by atoms with van der Waals surface area (Å²) in [5.41, 5.74) is 2.44. The van der Waals surface area contributed by atoms with Crippen molar-refractivity contribution in [2.24, 2.45) is 0 Å². The lowest BCUT2D eigenvalue weighted by Crippen LogP contribution is -2.15. The molecule has 0 saturated carbocycles. The molecule has 0 saturated heterocycles. The van der Waals surface area contributed by atoms with E-state index in [4.69, 9.17) is 0 Å². The SMILES string of the molecule is Cc1cc(C(C)Nc2cccnc2N(C)C)c(C)s1. The first-order valence-electron chi connectivity index (χ1n) is 6.45. The second kappa shape index (κ2) is 5.61. The van der Waals surface area contributed by atoms with E-state index in [9.17, 15) is 0 Å². The van der Waals surface area contributed by atoms with Crippen molar-refractivity contribution in [1.29, 1.82) is 0 Å². The Morgan fingerprint density at radius 2 is 2.05 bits per heavy atom. The molecule has 2 heterocycles. The predicted molar refractivity (Wildman–Crippen MR) is 84.4 cm³/mol. The van der Waals surface area contributed by atoms with E-state index in [0.717, 1.165) is 11.5 Å². The highest BCUT2D eigenvalue weighted by molar-refractivity contribution is 7.12. The summed E-state index contributed by atoms with van der Waals surface area (Å²) in [5.74, 6) is 0.971. The largest absolute Gasteiger partial charge is 0.375 e. The van der Waals surface area contributed by atoms with E-state index in [0.29, 0.717) is 0 Å². The highest BCUT2D eigenvalue weighted by atomic mass is 32.1. The molecule has 0 aliphatic rings. The first-order valence-corrected chi connectivity index (χ1v) is 7.26.